The molecular weight excluding hydrogens is 448 g/mol. The summed E-state index contributed by atoms with van der Waals surface area (Å²) in [5.74, 6) is -0.594. The second-order valence-electron chi connectivity index (χ2n) is 7.80. The lowest BCUT2D eigenvalue weighted by Crippen LogP contribution is -2.43. The molecular formula is C23H25ClN4O5. The highest BCUT2D eigenvalue weighted by Crippen LogP contribution is 2.29. The van der Waals surface area contributed by atoms with Crippen molar-refractivity contribution in [2.24, 2.45) is 0 Å². The number of benzene rings is 2. The standard InChI is InChI=1S/C23H25ClN4O5/c1-14(2)33-19-9-8-17(12-18(19)24)25-21-26-22(31)27(11-10-20(29)30)23(32)28(21)13-16-6-4-15(3)5-7-16/h4-9,12,14H,10-11,13H2,1-3H3,(H,29,30)(H,25,26,31). The molecule has 2 N–H and O–H groups in total. The van der Waals surface area contributed by atoms with Gasteiger partial charge in [-0.3, -0.25) is 9.36 Å². The lowest BCUT2D eigenvalue weighted by molar-refractivity contribution is -0.137. The zero-order chi connectivity index (χ0) is 24.1. The number of carbonyl (C=O) groups is 1. The molecule has 1 heterocycles. The minimum Gasteiger partial charge on any atom is -0.489 e. The van der Waals surface area contributed by atoms with Crippen LogP contribution in [0.15, 0.2) is 52.1 Å². The lowest BCUT2D eigenvalue weighted by Gasteiger charge is -2.16. The summed E-state index contributed by atoms with van der Waals surface area (Å²) in [4.78, 5) is 40.6. The molecule has 0 unspecified atom stereocenters. The van der Waals surface area contributed by atoms with Crippen LogP contribution in [0.1, 0.15) is 31.4 Å². The van der Waals surface area contributed by atoms with Crippen molar-refractivity contribution in [2.45, 2.75) is 46.4 Å². The molecule has 10 heteroatoms. The Balaban J connectivity index is 2.02. The molecule has 0 atom stereocenters. The zero-order valence-electron chi connectivity index (χ0n) is 18.5. The van der Waals surface area contributed by atoms with E-state index in [1.54, 1.807) is 18.2 Å². The number of hydrogen-bond acceptors (Lipinski definition) is 6. The summed E-state index contributed by atoms with van der Waals surface area (Å²) in [5.41, 5.74) is 0.880. The highest BCUT2D eigenvalue weighted by molar-refractivity contribution is 6.32. The van der Waals surface area contributed by atoms with Crippen LogP contribution in [-0.2, 0) is 17.9 Å². The van der Waals surface area contributed by atoms with Crippen molar-refractivity contribution in [3.8, 4) is 5.75 Å². The number of hydrogen-bond donors (Lipinski definition) is 2. The molecule has 9 nitrogen and oxygen atoms in total. The maximum Gasteiger partial charge on any atom is 0.354 e. The first kappa shape index (κ1) is 24.1. The van der Waals surface area contributed by atoms with Crippen LogP contribution in [0, 0.1) is 6.92 Å². The fraction of sp³-hybridized carbons (Fsp3) is 0.304. The highest BCUT2D eigenvalue weighted by Gasteiger charge is 2.16. The summed E-state index contributed by atoms with van der Waals surface area (Å²) in [6.45, 7) is 5.57. The van der Waals surface area contributed by atoms with E-state index in [-0.39, 0.29) is 31.6 Å². The van der Waals surface area contributed by atoms with E-state index in [9.17, 15) is 14.4 Å². The van der Waals surface area contributed by atoms with Gasteiger partial charge in [0.25, 0.3) is 0 Å². The Hall–Kier alpha value is -3.59. The predicted octanol–water partition coefficient (Wildman–Crippen LogP) is 3.42. The maximum absolute atomic E-state index is 13.1. The van der Waals surface area contributed by atoms with Crippen LogP contribution in [0.25, 0.3) is 0 Å². The predicted molar refractivity (Wildman–Crippen MR) is 126 cm³/mol. The minimum absolute atomic E-state index is 0.0192. The van der Waals surface area contributed by atoms with Crippen LogP contribution >= 0.6 is 11.6 Å². The quantitative estimate of drug-likeness (QED) is 0.490. The number of aliphatic carboxylic acids is 1. The normalized spacial score (nSPS) is 10.9. The van der Waals surface area contributed by atoms with Gasteiger partial charge in [0.1, 0.15) is 5.75 Å². The number of aromatic nitrogens is 3. The molecule has 1 aromatic heterocycles. The van der Waals surface area contributed by atoms with Crippen LogP contribution in [0.2, 0.25) is 5.02 Å². The van der Waals surface area contributed by atoms with E-state index < -0.39 is 17.3 Å². The van der Waals surface area contributed by atoms with Crippen LogP contribution in [0.4, 0.5) is 11.6 Å². The van der Waals surface area contributed by atoms with Gasteiger partial charge in [-0.2, -0.15) is 4.98 Å². The van der Waals surface area contributed by atoms with E-state index in [1.165, 1.54) is 4.57 Å². The zero-order valence-corrected chi connectivity index (χ0v) is 19.3. The Morgan fingerprint density at radius 1 is 1.15 bits per heavy atom. The van der Waals surface area contributed by atoms with Crippen molar-refractivity contribution >= 4 is 29.2 Å². The Morgan fingerprint density at radius 2 is 1.85 bits per heavy atom. The Morgan fingerprint density at radius 3 is 2.45 bits per heavy atom. The smallest absolute Gasteiger partial charge is 0.354 e. The molecule has 0 aliphatic heterocycles. The number of anilines is 2. The molecule has 174 valence electrons. The summed E-state index contributed by atoms with van der Waals surface area (Å²) < 4.78 is 7.74. The number of carboxylic acid groups (broad SMARTS) is 1. The minimum atomic E-state index is -1.12. The maximum atomic E-state index is 13.1. The van der Waals surface area contributed by atoms with Gasteiger partial charge in [0, 0.05) is 12.2 Å². The van der Waals surface area contributed by atoms with Crippen molar-refractivity contribution in [3.05, 3.63) is 79.6 Å². The first-order chi connectivity index (χ1) is 15.6. The Kier molecular flexibility index (Phi) is 7.55. The fourth-order valence-corrected chi connectivity index (χ4v) is 3.32. The van der Waals surface area contributed by atoms with Gasteiger partial charge < -0.3 is 15.2 Å². The average molecular weight is 473 g/mol. The molecule has 3 rings (SSSR count). The van der Waals surface area contributed by atoms with Gasteiger partial charge >= 0.3 is 17.3 Å². The van der Waals surface area contributed by atoms with Crippen LogP contribution in [-0.4, -0.2) is 31.3 Å². The number of halogens is 1. The summed E-state index contributed by atoms with van der Waals surface area (Å²) >= 11 is 6.31. The van der Waals surface area contributed by atoms with Crippen molar-refractivity contribution in [3.63, 3.8) is 0 Å². The van der Waals surface area contributed by atoms with Crippen molar-refractivity contribution in [1.82, 2.24) is 14.1 Å². The summed E-state index contributed by atoms with van der Waals surface area (Å²) in [6, 6.07) is 12.5. The second-order valence-corrected chi connectivity index (χ2v) is 8.21. The van der Waals surface area contributed by atoms with E-state index >= 15 is 0 Å². The fourth-order valence-electron chi connectivity index (χ4n) is 3.10. The van der Waals surface area contributed by atoms with Crippen LogP contribution in [0.3, 0.4) is 0 Å². The lowest BCUT2D eigenvalue weighted by atomic mass is 10.1. The van der Waals surface area contributed by atoms with Gasteiger partial charge in [0.2, 0.25) is 5.95 Å². The third-order valence-corrected chi connectivity index (χ3v) is 5.01. The summed E-state index contributed by atoms with van der Waals surface area (Å²) in [6.07, 6.45) is -0.429. The third kappa shape index (κ3) is 6.23. The van der Waals surface area contributed by atoms with Crippen molar-refractivity contribution in [2.75, 3.05) is 5.32 Å². The van der Waals surface area contributed by atoms with Crippen LogP contribution in [0.5, 0.6) is 5.75 Å². The molecule has 0 aliphatic rings. The van der Waals surface area contributed by atoms with Gasteiger partial charge in [0.15, 0.2) is 0 Å². The van der Waals surface area contributed by atoms with E-state index in [1.807, 2.05) is 45.0 Å². The molecule has 33 heavy (non-hydrogen) atoms. The molecule has 0 fully saturated rings. The molecule has 3 aromatic rings. The monoisotopic (exact) mass is 472 g/mol. The number of nitrogens with zero attached hydrogens (tertiary/aromatic N) is 3. The molecule has 0 saturated carbocycles. The number of rotatable bonds is 9. The first-order valence-corrected chi connectivity index (χ1v) is 10.7. The average Bonchev–Trinajstić information content (AvgIpc) is 2.73. The molecule has 0 bridgehead atoms. The highest BCUT2D eigenvalue weighted by atomic mass is 35.5. The van der Waals surface area contributed by atoms with Gasteiger partial charge in [-0.1, -0.05) is 41.4 Å². The van der Waals surface area contributed by atoms with E-state index in [4.69, 9.17) is 21.4 Å². The molecule has 0 spiro atoms. The van der Waals surface area contributed by atoms with Crippen molar-refractivity contribution in [1.29, 1.82) is 0 Å². The second kappa shape index (κ2) is 10.4. The van der Waals surface area contributed by atoms with E-state index in [0.29, 0.717) is 16.5 Å². The number of ether oxygens (including phenoxy) is 1. The first-order valence-electron chi connectivity index (χ1n) is 10.4. The van der Waals surface area contributed by atoms with E-state index in [2.05, 4.69) is 10.3 Å². The van der Waals surface area contributed by atoms with Crippen LogP contribution < -0.4 is 21.4 Å². The van der Waals surface area contributed by atoms with Gasteiger partial charge in [0.05, 0.1) is 24.1 Å². The third-order valence-electron chi connectivity index (χ3n) is 4.71. The number of carboxylic acids is 1. The molecule has 0 radical (unpaired) electrons. The summed E-state index contributed by atoms with van der Waals surface area (Å²) in [5, 5.41) is 12.3. The van der Waals surface area contributed by atoms with Gasteiger partial charge in [-0.15, -0.1) is 0 Å². The molecule has 0 amide bonds. The molecule has 0 saturated heterocycles. The topological polar surface area (TPSA) is 115 Å². The Bertz CT molecular complexity index is 1270. The number of nitrogens with one attached hydrogen (secondary N) is 1. The summed E-state index contributed by atoms with van der Waals surface area (Å²) in [7, 11) is 0. The number of aryl methyl sites for hydroxylation is 1. The van der Waals surface area contributed by atoms with E-state index in [0.717, 1.165) is 15.7 Å². The van der Waals surface area contributed by atoms with Gasteiger partial charge in [-0.25, -0.2) is 14.2 Å². The SMILES string of the molecule is Cc1ccc(Cn2c(Nc3ccc(OC(C)C)c(Cl)c3)nc(=O)n(CCC(=O)O)c2=O)cc1. The largest absolute Gasteiger partial charge is 0.489 e. The Labute approximate surface area is 195 Å². The molecule has 0 aliphatic carbocycles. The van der Waals surface area contributed by atoms with Gasteiger partial charge in [-0.05, 0) is 44.5 Å². The molecule has 2 aromatic carbocycles. The van der Waals surface area contributed by atoms with Crippen molar-refractivity contribution < 1.29 is 14.6 Å².